The third-order valence-corrected chi connectivity index (χ3v) is 8.31. The number of anilines is 2. The van der Waals surface area contributed by atoms with Gasteiger partial charge in [0.1, 0.15) is 17.4 Å². The molecule has 9 nitrogen and oxygen atoms in total. The number of pyridine rings is 1. The van der Waals surface area contributed by atoms with Crippen molar-refractivity contribution in [1.82, 2.24) is 19.4 Å². The summed E-state index contributed by atoms with van der Waals surface area (Å²) in [6.45, 7) is 3.29. The first-order chi connectivity index (χ1) is 19.0. The highest BCUT2D eigenvalue weighted by Gasteiger charge is 2.35. The van der Waals surface area contributed by atoms with Crippen LogP contribution >= 0.6 is 0 Å². The Morgan fingerprint density at radius 2 is 1.92 bits per heavy atom. The molecule has 1 aliphatic carbocycles. The van der Waals surface area contributed by atoms with Gasteiger partial charge in [-0.2, -0.15) is 4.98 Å². The number of aryl methyl sites for hydroxylation is 2. The molecular weight excluding hydrogens is 494 g/mol. The summed E-state index contributed by atoms with van der Waals surface area (Å²) in [7, 11) is 0. The molecule has 39 heavy (non-hydrogen) atoms. The van der Waals surface area contributed by atoms with E-state index in [9.17, 15) is 14.7 Å². The number of aromatic carboxylic acids is 1. The number of nitrogens with one attached hydrogen (secondary N) is 1. The molecule has 3 saturated heterocycles. The zero-order valence-electron chi connectivity index (χ0n) is 21.5. The highest BCUT2D eigenvalue weighted by Crippen LogP contribution is 2.32. The standard InChI is InChI=1S/C30H29N5O4/c36-27-24-15-31-30(32-21-5-2-6-23(14-21)39-26-17-34-11-9-19(26)10-12-34)33-28(24)35(16-25(27)29(37)38)22-8-7-18-3-1-4-20(18)13-22/h2,5-8,13-16,19,26H,1,3-4,9-12,17H2,(H,37,38)(H,31,32,33). The Hall–Kier alpha value is -4.24. The third kappa shape index (κ3) is 4.42. The van der Waals surface area contributed by atoms with Crippen molar-refractivity contribution in [2.45, 2.75) is 38.2 Å². The summed E-state index contributed by atoms with van der Waals surface area (Å²) >= 11 is 0. The Morgan fingerprint density at radius 3 is 2.72 bits per heavy atom. The van der Waals surface area contributed by atoms with Crippen molar-refractivity contribution >= 4 is 28.6 Å². The lowest BCUT2D eigenvalue weighted by Gasteiger charge is -2.44. The van der Waals surface area contributed by atoms with Crippen LogP contribution in [-0.4, -0.2) is 56.2 Å². The number of rotatable bonds is 6. The summed E-state index contributed by atoms with van der Waals surface area (Å²) in [5, 5.41) is 13.1. The van der Waals surface area contributed by atoms with Gasteiger partial charge in [0.25, 0.3) is 0 Å². The number of fused-ring (bicyclic) bond motifs is 5. The van der Waals surface area contributed by atoms with E-state index in [1.807, 2.05) is 30.3 Å². The lowest BCUT2D eigenvalue weighted by molar-refractivity contribution is -0.00772. The summed E-state index contributed by atoms with van der Waals surface area (Å²) in [5.74, 6) is 0.418. The summed E-state index contributed by atoms with van der Waals surface area (Å²) in [6, 6.07) is 13.8. The Morgan fingerprint density at radius 1 is 1.08 bits per heavy atom. The number of carbonyl (C=O) groups is 1. The van der Waals surface area contributed by atoms with E-state index in [4.69, 9.17) is 4.74 Å². The van der Waals surface area contributed by atoms with Crippen LogP contribution in [0, 0.1) is 5.92 Å². The number of piperidine rings is 3. The van der Waals surface area contributed by atoms with Crippen molar-refractivity contribution < 1.29 is 14.6 Å². The number of carboxylic acid groups (broad SMARTS) is 1. The maximum atomic E-state index is 13.0. The van der Waals surface area contributed by atoms with E-state index in [1.54, 1.807) is 4.57 Å². The lowest BCUT2D eigenvalue weighted by atomic mass is 9.86. The van der Waals surface area contributed by atoms with Crippen LogP contribution in [0.2, 0.25) is 0 Å². The number of hydrogen-bond donors (Lipinski definition) is 2. The quantitative estimate of drug-likeness (QED) is 0.387. The van der Waals surface area contributed by atoms with Crippen LogP contribution in [0.5, 0.6) is 5.75 Å². The fraction of sp³-hybridized carbons (Fsp3) is 0.333. The zero-order chi connectivity index (χ0) is 26.5. The molecule has 0 saturated carbocycles. The predicted octanol–water partition coefficient (Wildman–Crippen LogP) is 4.18. The molecule has 2 aromatic carbocycles. The van der Waals surface area contributed by atoms with E-state index in [2.05, 4.69) is 32.3 Å². The van der Waals surface area contributed by atoms with Crippen LogP contribution in [0.3, 0.4) is 0 Å². The Kier molecular flexibility index (Phi) is 5.81. The van der Waals surface area contributed by atoms with Gasteiger partial charge in [-0.1, -0.05) is 12.1 Å². The van der Waals surface area contributed by atoms with Crippen molar-refractivity contribution in [2.75, 3.05) is 25.0 Å². The van der Waals surface area contributed by atoms with E-state index < -0.39 is 11.4 Å². The van der Waals surface area contributed by atoms with Gasteiger partial charge in [-0.3, -0.25) is 9.69 Å². The van der Waals surface area contributed by atoms with Crippen LogP contribution in [0.25, 0.3) is 16.7 Å². The van der Waals surface area contributed by atoms with E-state index in [-0.39, 0.29) is 17.1 Å². The van der Waals surface area contributed by atoms with Crippen molar-refractivity contribution in [2.24, 2.45) is 5.92 Å². The van der Waals surface area contributed by atoms with E-state index in [1.165, 1.54) is 36.4 Å². The highest BCUT2D eigenvalue weighted by molar-refractivity contribution is 5.92. The summed E-state index contributed by atoms with van der Waals surface area (Å²) < 4.78 is 8.06. The van der Waals surface area contributed by atoms with Crippen LogP contribution < -0.4 is 15.5 Å². The zero-order valence-corrected chi connectivity index (χ0v) is 21.5. The first kappa shape index (κ1) is 23.8. The van der Waals surface area contributed by atoms with Gasteiger partial charge in [-0.25, -0.2) is 9.78 Å². The third-order valence-electron chi connectivity index (χ3n) is 8.31. The molecule has 2 bridgehead atoms. The second-order valence-corrected chi connectivity index (χ2v) is 10.7. The Labute approximate surface area is 225 Å². The first-order valence-electron chi connectivity index (χ1n) is 13.6. The smallest absolute Gasteiger partial charge is 0.341 e. The first-order valence-corrected chi connectivity index (χ1v) is 13.6. The number of nitrogens with zero attached hydrogens (tertiary/aromatic N) is 4. The average Bonchev–Trinajstić information content (AvgIpc) is 3.42. The number of benzene rings is 2. The second-order valence-electron chi connectivity index (χ2n) is 10.7. The van der Waals surface area contributed by atoms with Gasteiger partial charge in [-0.15, -0.1) is 0 Å². The molecule has 2 aromatic heterocycles. The summed E-state index contributed by atoms with van der Waals surface area (Å²) in [5.41, 5.74) is 3.50. The largest absolute Gasteiger partial charge is 0.489 e. The van der Waals surface area contributed by atoms with Gasteiger partial charge < -0.3 is 19.7 Å². The molecule has 9 heteroatoms. The van der Waals surface area contributed by atoms with Crippen LogP contribution in [-0.2, 0) is 12.8 Å². The summed E-state index contributed by atoms with van der Waals surface area (Å²) in [6.07, 6.45) is 8.45. The number of hydrogen-bond acceptors (Lipinski definition) is 7. The highest BCUT2D eigenvalue weighted by atomic mass is 16.5. The fourth-order valence-electron chi connectivity index (χ4n) is 6.22. The van der Waals surface area contributed by atoms with E-state index in [0.717, 1.165) is 56.0 Å². The van der Waals surface area contributed by atoms with Crippen molar-refractivity contribution in [1.29, 1.82) is 0 Å². The van der Waals surface area contributed by atoms with E-state index in [0.29, 0.717) is 17.5 Å². The number of aromatic nitrogens is 3. The molecule has 3 fully saturated rings. The van der Waals surface area contributed by atoms with Crippen molar-refractivity contribution in [3.8, 4) is 11.4 Å². The predicted molar refractivity (Wildman–Crippen MR) is 147 cm³/mol. The topological polar surface area (TPSA) is 110 Å². The molecule has 0 spiro atoms. The minimum Gasteiger partial charge on any atom is -0.489 e. The molecule has 0 amide bonds. The minimum atomic E-state index is -1.28. The molecule has 4 aliphatic rings. The number of carboxylic acids is 1. The molecule has 5 heterocycles. The number of ether oxygens (including phenoxy) is 1. The molecule has 1 unspecified atom stereocenters. The maximum Gasteiger partial charge on any atom is 0.341 e. The normalized spacial score (nSPS) is 21.6. The molecule has 198 valence electrons. The fourth-order valence-corrected chi connectivity index (χ4v) is 6.22. The molecule has 4 aromatic rings. The van der Waals surface area contributed by atoms with Crippen LogP contribution in [0.15, 0.2) is 59.7 Å². The Bertz CT molecular complexity index is 1660. The van der Waals surface area contributed by atoms with Gasteiger partial charge in [0.05, 0.1) is 5.39 Å². The van der Waals surface area contributed by atoms with Crippen molar-refractivity contribution in [3.05, 3.63) is 81.8 Å². The monoisotopic (exact) mass is 523 g/mol. The van der Waals surface area contributed by atoms with Gasteiger partial charge >= 0.3 is 5.97 Å². The van der Waals surface area contributed by atoms with Crippen LogP contribution in [0.4, 0.5) is 11.6 Å². The average molecular weight is 524 g/mol. The van der Waals surface area contributed by atoms with Crippen LogP contribution in [0.1, 0.15) is 40.7 Å². The molecule has 0 radical (unpaired) electrons. The molecule has 8 rings (SSSR count). The second kappa shape index (κ2) is 9.50. The molecule has 3 aliphatic heterocycles. The summed E-state index contributed by atoms with van der Waals surface area (Å²) in [4.78, 5) is 36.4. The maximum absolute atomic E-state index is 13.0. The minimum absolute atomic E-state index is 0.153. The molecule has 1 atom stereocenters. The van der Waals surface area contributed by atoms with E-state index >= 15 is 0 Å². The van der Waals surface area contributed by atoms with Gasteiger partial charge in [-0.05, 0) is 86.5 Å². The van der Waals surface area contributed by atoms with Gasteiger partial charge in [0.15, 0.2) is 5.65 Å². The molecular formula is C30H29N5O4. The molecule has 2 N–H and O–H groups in total. The van der Waals surface area contributed by atoms with Gasteiger partial charge in [0, 0.05) is 36.4 Å². The Balaban J connectivity index is 1.23. The lowest BCUT2D eigenvalue weighted by Crippen LogP contribution is -2.52. The van der Waals surface area contributed by atoms with Gasteiger partial charge in [0.2, 0.25) is 11.4 Å². The van der Waals surface area contributed by atoms with Crippen molar-refractivity contribution in [3.63, 3.8) is 0 Å². The SMILES string of the molecule is O=C(O)c1cn(-c2ccc3c(c2)CCC3)c2nc(Nc3cccc(OC4CN5CCC4CC5)c3)ncc2c1=O.